The largest absolute Gasteiger partial charge is 0.370 e. The van der Waals surface area contributed by atoms with Crippen LogP contribution in [0.5, 0.6) is 0 Å². The van der Waals surface area contributed by atoms with Crippen LogP contribution in [0.15, 0.2) is 54.7 Å². The van der Waals surface area contributed by atoms with E-state index in [-0.39, 0.29) is 0 Å². The van der Waals surface area contributed by atoms with Gasteiger partial charge >= 0.3 is 0 Å². The molecule has 2 nitrogen and oxygen atoms in total. The number of pyridine rings is 1. The van der Waals surface area contributed by atoms with E-state index < -0.39 is 0 Å². The molecule has 3 rings (SSSR count). The molecule has 2 heterocycles. The lowest BCUT2D eigenvalue weighted by atomic mass is 10.0. The average molecular weight is 278 g/mol. The fraction of sp³-hybridized carbons (Fsp3) is 0.316. The van der Waals surface area contributed by atoms with Gasteiger partial charge in [0.1, 0.15) is 0 Å². The summed E-state index contributed by atoms with van der Waals surface area (Å²) in [6.07, 6.45) is 9.01. The molecule has 2 heteroatoms. The average Bonchev–Trinajstić information content (AvgIpc) is 3.08. The summed E-state index contributed by atoms with van der Waals surface area (Å²) in [7, 11) is 0. The smallest absolute Gasteiger partial charge is 0.0552 e. The van der Waals surface area contributed by atoms with Crippen LogP contribution in [0.3, 0.4) is 0 Å². The van der Waals surface area contributed by atoms with Gasteiger partial charge in [-0.15, -0.1) is 0 Å². The first-order valence-corrected chi connectivity index (χ1v) is 7.77. The van der Waals surface area contributed by atoms with Crippen LogP contribution in [-0.2, 0) is 0 Å². The normalized spacial score (nSPS) is 16.5. The van der Waals surface area contributed by atoms with Crippen molar-refractivity contribution in [3.63, 3.8) is 0 Å². The molecule has 0 aliphatic carbocycles. The van der Waals surface area contributed by atoms with Gasteiger partial charge in [-0.25, -0.2) is 0 Å². The van der Waals surface area contributed by atoms with Crippen LogP contribution in [0.4, 0.5) is 5.69 Å². The van der Waals surface area contributed by atoms with Crippen molar-refractivity contribution in [1.29, 1.82) is 0 Å². The van der Waals surface area contributed by atoms with Gasteiger partial charge in [-0.3, -0.25) is 4.98 Å². The van der Waals surface area contributed by atoms with Crippen LogP contribution in [0.1, 0.15) is 36.9 Å². The minimum absolute atomic E-state index is 0.331. The summed E-state index contributed by atoms with van der Waals surface area (Å²) in [5, 5.41) is 0. The molecular formula is C19H22N2. The van der Waals surface area contributed by atoms with Crippen LogP contribution in [0.25, 0.3) is 6.08 Å². The number of anilines is 1. The van der Waals surface area contributed by atoms with E-state index in [1.165, 1.54) is 37.2 Å². The lowest BCUT2D eigenvalue weighted by molar-refractivity contribution is 0.897. The Balaban J connectivity index is 1.67. The monoisotopic (exact) mass is 278 g/mol. The van der Waals surface area contributed by atoms with Gasteiger partial charge < -0.3 is 4.90 Å². The van der Waals surface area contributed by atoms with Crippen molar-refractivity contribution < 1.29 is 0 Å². The SMILES string of the molecule is CC(C=Cc1ccccc1)c1ccc(N2CCCC2)cn1. The number of hydrogen-bond acceptors (Lipinski definition) is 2. The molecule has 1 aliphatic heterocycles. The summed E-state index contributed by atoms with van der Waals surface area (Å²) in [5.41, 5.74) is 3.62. The van der Waals surface area contributed by atoms with Gasteiger partial charge in [0.25, 0.3) is 0 Å². The highest BCUT2D eigenvalue weighted by atomic mass is 15.1. The zero-order valence-electron chi connectivity index (χ0n) is 12.6. The standard InChI is InChI=1S/C19H22N2/c1-16(9-10-17-7-3-2-4-8-17)19-12-11-18(15-20-19)21-13-5-6-14-21/h2-4,7-12,15-16H,5-6,13-14H2,1H3. The van der Waals surface area contributed by atoms with Crippen molar-refractivity contribution in [3.8, 4) is 0 Å². The van der Waals surface area contributed by atoms with Gasteiger partial charge in [0.05, 0.1) is 11.9 Å². The van der Waals surface area contributed by atoms with E-state index in [1.54, 1.807) is 0 Å². The minimum Gasteiger partial charge on any atom is -0.370 e. The van der Waals surface area contributed by atoms with Gasteiger partial charge in [0.2, 0.25) is 0 Å². The molecule has 1 aromatic heterocycles. The van der Waals surface area contributed by atoms with Crippen LogP contribution in [0, 0.1) is 0 Å². The molecule has 0 bridgehead atoms. The Labute approximate surface area is 127 Å². The van der Waals surface area contributed by atoms with Gasteiger partial charge in [0, 0.05) is 24.7 Å². The lowest BCUT2D eigenvalue weighted by Gasteiger charge is -2.17. The third kappa shape index (κ3) is 3.52. The Kier molecular flexibility index (Phi) is 4.34. The Morgan fingerprint density at radius 3 is 2.48 bits per heavy atom. The van der Waals surface area contributed by atoms with Crippen molar-refractivity contribution in [2.24, 2.45) is 0 Å². The van der Waals surface area contributed by atoms with Crippen molar-refractivity contribution >= 4 is 11.8 Å². The predicted octanol–water partition coefficient (Wildman–Crippen LogP) is 4.50. The van der Waals surface area contributed by atoms with E-state index in [0.717, 1.165) is 5.69 Å². The van der Waals surface area contributed by atoms with Gasteiger partial charge in [-0.1, -0.05) is 49.4 Å². The Bertz CT molecular complexity index is 581. The second kappa shape index (κ2) is 6.57. The predicted molar refractivity (Wildman–Crippen MR) is 89.6 cm³/mol. The second-order valence-corrected chi connectivity index (χ2v) is 5.69. The molecule has 21 heavy (non-hydrogen) atoms. The molecule has 0 spiro atoms. The molecule has 1 aliphatic rings. The quantitative estimate of drug-likeness (QED) is 0.818. The second-order valence-electron chi connectivity index (χ2n) is 5.69. The van der Waals surface area contributed by atoms with E-state index in [4.69, 9.17) is 0 Å². The summed E-state index contributed by atoms with van der Waals surface area (Å²) in [5.74, 6) is 0.331. The maximum absolute atomic E-state index is 4.64. The Morgan fingerprint density at radius 1 is 1.05 bits per heavy atom. The van der Waals surface area contributed by atoms with E-state index >= 15 is 0 Å². The summed E-state index contributed by atoms with van der Waals surface area (Å²) in [6, 6.07) is 14.8. The molecule has 0 N–H and O–H groups in total. The molecule has 1 aromatic carbocycles. The number of rotatable bonds is 4. The molecule has 108 valence electrons. The van der Waals surface area contributed by atoms with Gasteiger partial charge in [-0.05, 0) is 30.5 Å². The van der Waals surface area contributed by atoms with Crippen LogP contribution in [0.2, 0.25) is 0 Å². The summed E-state index contributed by atoms with van der Waals surface area (Å²) in [6.45, 7) is 4.53. The van der Waals surface area contributed by atoms with E-state index in [9.17, 15) is 0 Å². The topological polar surface area (TPSA) is 16.1 Å². The van der Waals surface area contributed by atoms with Crippen LogP contribution in [-0.4, -0.2) is 18.1 Å². The van der Waals surface area contributed by atoms with Crippen LogP contribution < -0.4 is 4.90 Å². The van der Waals surface area contributed by atoms with Crippen molar-refractivity contribution in [2.75, 3.05) is 18.0 Å². The molecule has 0 radical (unpaired) electrons. The number of benzene rings is 1. The highest BCUT2D eigenvalue weighted by Crippen LogP contribution is 2.22. The number of hydrogen-bond donors (Lipinski definition) is 0. The van der Waals surface area contributed by atoms with Crippen molar-refractivity contribution in [3.05, 3.63) is 66.0 Å². The van der Waals surface area contributed by atoms with Crippen molar-refractivity contribution in [1.82, 2.24) is 4.98 Å². The zero-order valence-corrected chi connectivity index (χ0v) is 12.6. The first-order valence-electron chi connectivity index (χ1n) is 7.77. The van der Waals surface area contributed by atoms with Crippen LogP contribution >= 0.6 is 0 Å². The van der Waals surface area contributed by atoms with Crippen molar-refractivity contribution in [2.45, 2.75) is 25.7 Å². The first-order chi connectivity index (χ1) is 10.3. The number of aromatic nitrogens is 1. The van der Waals surface area contributed by atoms with Gasteiger partial charge in [0.15, 0.2) is 0 Å². The van der Waals surface area contributed by atoms with E-state index in [2.05, 4.69) is 65.4 Å². The summed E-state index contributed by atoms with van der Waals surface area (Å²) in [4.78, 5) is 7.06. The highest BCUT2D eigenvalue weighted by Gasteiger charge is 2.12. The molecule has 0 amide bonds. The summed E-state index contributed by atoms with van der Waals surface area (Å²) >= 11 is 0. The van der Waals surface area contributed by atoms with Gasteiger partial charge in [-0.2, -0.15) is 0 Å². The minimum atomic E-state index is 0.331. The number of nitrogens with zero attached hydrogens (tertiary/aromatic N) is 2. The lowest BCUT2D eigenvalue weighted by Crippen LogP contribution is -2.17. The van der Waals surface area contributed by atoms with E-state index in [1.807, 2.05) is 12.3 Å². The molecule has 1 atom stereocenters. The Morgan fingerprint density at radius 2 is 1.81 bits per heavy atom. The molecule has 1 fully saturated rings. The summed E-state index contributed by atoms with van der Waals surface area (Å²) < 4.78 is 0. The maximum atomic E-state index is 4.64. The molecule has 2 aromatic rings. The highest BCUT2D eigenvalue weighted by molar-refractivity contribution is 5.51. The fourth-order valence-corrected chi connectivity index (χ4v) is 2.75. The third-order valence-electron chi connectivity index (χ3n) is 4.09. The third-order valence-corrected chi connectivity index (χ3v) is 4.09. The molecule has 1 unspecified atom stereocenters. The zero-order chi connectivity index (χ0) is 14.5. The molecule has 1 saturated heterocycles. The fourth-order valence-electron chi connectivity index (χ4n) is 2.75. The number of allylic oxidation sites excluding steroid dienone is 1. The Hall–Kier alpha value is -2.09. The van der Waals surface area contributed by atoms with E-state index in [0.29, 0.717) is 5.92 Å². The molecular weight excluding hydrogens is 256 g/mol. The molecule has 0 saturated carbocycles. The first kappa shape index (κ1) is 13.9. The maximum Gasteiger partial charge on any atom is 0.0552 e.